The average Bonchev–Trinajstić information content (AvgIpc) is 3.81. The van der Waals surface area contributed by atoms with Crippen molar-refractivity contribution in [2.75, 3.05) is 58.5 Å². The third-order valence-corrected chi connectivity index (χ3v) is 13.9. The molecule has 0 unspecified atom stereocenters. The van der Waals surface area contributed by atoms with Gasteiger partial charge in [0.2, 0.25) is 17.5 Å². The second-order valence-electron chi connectivity index (χ2n) is 14.9. The Hall–Kier alpha value is -3.81. The van der Waals surface area contributed by atoms with E-state index in [1.807, 2.05) is 13.8 Å². The molecule has 7 atom stereocenters. The highest BCUT2D eigenvalue weighted by molar-refractivity contribution is 7.89. The van der Waals surface area contributed by atoms with Crippen LogP contribution in [0.1, 0.15) is 53.5 Å². The first kappa shape index (κ1) is 47.9. The first-order chi connectivity index (χ1) is 28.0. The molecule has 2 aliphatic rings. The van der Waals surface area contributed by atoms with Gasteiger partial charge in [-0.25, -0.2) is 23.4 Å². The van der Waals surface area contributed by atoms with Crippen molar-refractivity contribution < 1.29 is 60.9 Å². The Labute approximate surface area is 346 Å². The second-order valence-corrected chi connectivity index (χ2v) is 19.1. The van der Waals surface area contributed by atoms with E-state index in [2.05, 4.69) is 20.8 Å². The summed E-state index contributed by atoms with van der Waals surface area (Å²) in [5.41, 5.74) is 1.14. The predicted molar refractivity (Wildman–Crippen MR) is 218 cm³/mol. The van der Waals surface area contributed by atoms with Crippen molar-refractivity contribution in [2.45, 2.75) is 95.6 Å². The average molecular weight is 870 g/mol. The van der Waals surface area contributed by atoms with Crippen LogP contribution in [-0.4, -0.2) is 126 Å². The minimum absolute atomic E-state index is 0.0171. The lowest BCUT2D eigenvalue weighted by Gasteiger charge is -2.31. The van der Waals surface area contributed by atoms with Crippen molar-refractivity contribution in [1.29, 1.82) is 0 Å². The van der Waals surface area contributed by atoms with Gasteiger partial charge in [-0.3, -0.25) is 14.2 Å². The Bertz CT molecular complexity index is 1810. The molecule has 2 aromatic rings. The van der Waals surface area contributed by atoms with Crippen LogP contribution in [0, 0.1) is 11.8 Å². The maximum absolute atomic E-state index is 14.2. The number of nitrogens with zero attached hydrogens (tertiary/aromatic N) is 1. The summed E-state index contributed by atoms with van der Waals surface area (Å²) in [5, 5.41) is 23.3. The minimum atomic E-state index is -4.09. The van der Waals surface area contributed by atoms with Crippen LogP contribution >= 0.6 is 7.44 Å². The molecule has 2 heterocycles. The minimum Gasteiger partial charge on any atom is -0.497 e. The summed E-state index contributed by atoms with van der Waals surface area (Å²) >= 11 is 0. The lowest BCUT2D eigenvalue weighted by molar-refractivity contribution is -0.145. The Morgan fingerprint density at radius 3 is 2.08 bits per heavy atom. The van der Waals surface area contributed by atoms with Crippen molar-refractivity contribution in [2.24, 2.45) is 11.8 Å². The molecule has 4 rings (SSSR count). The molecule has 330 valence electrons. The van der Waals surface area contributed by atoms with E-state index in [0.29, 0.717) is 30.0 Å². The standard InChI is InChI=1S/C39H60N5O13PS/c1-8-53-36(46)26(5)42-58(49,43-27(6)37(47)54-9-2)24-28-10-12-29(13-11-28)40-20-33(41-39(48)57-35-23-56-38-32(35)18-19-55-38)34(45)22-44(21-25(3)4)59(50,51)31-16-14-30(52-7)15-17-31/h10-17,25-27,32-35,38,40,45H,8-9,18-24H2,1-7H3,(H,41,48)(H2,42,43,49)/t26-,27-,32-,33-,34+,35-,38+/m0/s1. The van der Waals surface area contributed by atoms with Gasteiger partial charge in [0.15, 0.2) is 6.29 Å². The molecule has 0 bridgehead atoms. The number of aliphatic hydroxyl groups is 1. The topological polar surface area (TPSA) is 229 Å². The predicted octanol–water partition coefficient (Wildman–Crippen LogP) is 3.45. The number of esters is 2. The van der Waals surface area contributed by atoms with Gasteiger partial charge in [-0.2, -0.15) is 4.31 Å². The summed E-state index contributed by atoms with van der Waals surface area (Å²) in [4.78, 5) is 38.2. The van der Waals surface area contributed by atoms with Gasteiger partial charge in [-0.15, -0.1) is 0 Å². The largest absolute Gasteiger partial charge is 0.497 e. The summed E-state index contributed by atoms with van der Waals surface area (Å²) < 4.78 is 75.4. The quantitative estimate of drug-likeness (QED) is 0.0612. The van der Waals surface area contributed by atoms with Crippen molar-refractivity contribution in [3.05, 3.63) is 54.1 Å². The number of rotatable bonds is 23. The zero-order valence-electron chi connectivity index (χ0n) is 34.8. The summed E-state index contributed by atoms with van der Waals surface area (Å²) in [6, 6.07) is 9.77. The molecule has 2 fully saturated rings. The number of amides is 1. The summed E-state index contributed by atoms with van der Waals surface area (Å²) in [7, 11) is -6.27. The molecule has 20 heteroatoms. The smallest absolute Gasteiger partial charge is 0.407 e. The van der Waals surface area contributed by atoms with Crippen molar-refractivity contribution >= 4 is 41.2 Å². The van der Waals surface area contributed by atoms with Gasteiger partial charge < -0.3 is 44.2 Å². The first-order valence-electron chi connectivity index (χ1n) is 19.8. The number of carbonyl (C=O) groups excluding carboxylic acids is 3. The van der Waals surface area contributed by atoms with Crippen LogP contribution in [0.25, 0.3) is 0 Å². The Kier molecular flexibility index (Phi) is 18.0. The van der Waals surface area contributed by atoms with E-state index in [9.17, 15) is 32.5 Å². The van der Waals surface area contributed by atoms with E-state index in [-0.39, 0.29) is 62.3 Å². The van der Waals surface area contributed by atoms with Crippen molar-refractivity contribution in [3.8, 4) is 5.75 Å². The highest BCUT2D eigenvalue weighted by atomic mass is 32.2. The van der Waals surface area contributed by atoms with Gasteiger partial charge >= 0.3 is 18.0 Å². The summed E-state index contributed by atoms with van der Waals surface area (Å²) in [5.74, 6) is -0.954. The fourth-order valence-electron chi connectivity index (χ4n) is 6.67. The normalized spacial score (nSPS) is 20.0. The van der Waals surface area contributed by atoms with Gasteiger partial charge in [0.05, 0.1) is 62.7 Å². The highest BCUT2D eigenvalue weighted by Crippen LogP contribution is 2.42. The number of hydrogen-bond donors (Lipinski definition) is 5. The molecule has 5 N–H and O–H groups in total. The molecule has 0 spiro atoms. The number of aliphatic hydroxyl groups excluding tert-OH is 1. The number of carbonyl (C=O) groups is 3. The molecule has 2 aromatic carbocycles. The molecular formula is C39H60N5O13PS. The SMILES string of the molecule is CCOC(=O)[C@H](C)NP(=O)(Cc1ccc(NC[C@H](NC(=O)O[C@H]2CO[C@H]3OCC[C@H]32)[C@H](O)CN(CC(C)C)S(=O)(=O)c2ccc(OC)cc2)cc1)N[C@@H](C)C(=O)OCC. The molecule has 0 saturated carbocycles. The molecule has 1 amide bonds. The van der Waals surface area contributed by atoms with Crippen molar-refractivity contribution in [3.63, 3.8) is 0 Å². The number of hydrogen-bond acceptors (Lipinski definition) is 14. The maximum Gasteiger partial charge on any atom is 0.407 e. The summed E-state index contributed by atoms with van der Waals surface area (Å²) in [6.07, 6.45) is -2.67. The fraction of sp³-hybridized carbons (Fsp3) is 0.615. The summed E-state index contributed by atoms with van der Waals surface area (Å²) in [6.45, 7) is 10.7. The van der Waals surface area contributed by atoms with Gasteiger partial charge in [0.1, 0.15) is 23.9 Å². The molecule has 18 nitrogen and oxygen atoms in total. The van der Waals surface area contributed by atoms with Gasteiger partial charge in [-0.05, 0) is 82.0 Å². The number of benzene rings is 2. The van der Waals surface area contributed by atoms with E-state index in [1.165, 1.54) is 37.4 Å². The lowest BCUT2D eigenvalue weighted by Crippen LogP contribution is -2.53. The number of ether oxygens (including phenoxy) is 6. The molecule has 2 saturated heterocycles. The van der Waals surface area contributed by atoms with E-state index in [1.54, 1.807) is 50.2 Å². The molecule has 0 aliphatic carbocycles. The number of fused-ring (bicyclic) bond motifs is 1. The lowest BCUT2D eigenvalue weighted by atomic mass is 10.0. The molecule has 0 aromatic heterocycles. The van der Waals surface area contributed by atoms with E-state index < -0.39 is 72.1 Å². The van der Waals surface area contributed by atoms with Crippen LogP contribution in [0.3, 0.4) is 0 Å². The zero-order chi connectivity index (χ0) is 43.3. The van der Waals surface area contributed by atoms with E-state index in [4.69, 9.17) is 28.4 Å². The monoisotopic (exact) mass is 869 g/mol. The van der Waals surface area contributed by atoms with E-state index in [0.717, 1.165) is 0 Å². The molecular weight excluding hydrogens is 809 g/mol. The fourth-order valence-corrected chi connectivity index (χ4v) is 10.7. The maximum atomic E-state index is 14.2. The Morgan fingerprint density at radius 1 is 0.915 bits per heavy atom. The van der Waals surface area contributed by atoms with Gasteiger partial charge in [-0.1, -0.05) is 26.0 Å². The van der Waals surface area contributed by atoms with Gasteiger partial charge in [0, 0.05) is 25.3 Å². The molecule has 0 radical (unpaired) electrons. The van der Waals surface area contributed by atoms with E-state index >= 15 is 0 Å². The highest BCUT2D eigenvalue weighted by Gasteiger charge is 2.44. The Morgan fingerprint density at radius 2 is 1.53 bits per heavy atom. The zero-order valence-corrected chi connectivity index (χ0v) is 36.5. The molecule has 59 heavy (non-hydrogen) atoms. The van der Waals surface area contributed by atoms with Crippen LogP contribution < -0.4 is 25.5 Å². The number of anilines is 1. The molecule has 2 aliphatic heterocycles. The Balaban J connectivity index is 1.52. The van der Waals surface area contributed by atoms with Crippen LogP contribution in [0.5, 0.6) is 5.75 Å². The first-order valence-corrected chi connectivity index (χ1v) is 23.1. The van der Waals surface area contributed by atoms with Gasteiger partial charge in [0.25, 0.3) is 0 Å². The van der Waals surface area contributed by atoms with Crippen LogP contribution in [0.4, 0.5) is 10.5 Å². The van der Waals surface area contributed by atoms with Crippen LogP contribution in [0.15, 0.2) is 53.4 Å². The third kappa shape index (κ3) is 13.9. The number of nitrogens with one attached hydrogen (secondary N) is 4. The number of alkyl carbamates (subject to hydrolysis) is 1. The second kappa shape index (κ2) is 22.2. The number of methoxy groups -OCH3 is 1. The van der Waals surface area contributed by atoms with Crippen LogP contribution in [-0.2, 0) is 54.0 Å². The van der Waals surface area contributed by atoms with Crippen molar-refractivity contribution in [1.82, 2.24) is 19.8 Å². The van der Waals surface area contributed by atoms with Crippen LogP contribution in [0.2, 0.25) is 0 Å². The number of sulfonamides is 1. The third-order valence-electron chi connectivity index (χ3n) is 9.64.